The van der Waals surface area contributed by atoms with Gasteiger partial charge in [-0.25, -0.2) is 0 Å². The van der Waals surface area contributed by atoms with Crippen LogP contribution in [0.2, 0.25) is 0 Å². The van der Waals surface area contributed by atoms with Gasteiger partial charge in [0.15, 0.2) is 0 Å². The molecule has 14 heavy (non-hydrogen) atoms. The summed E-state index contributed by atoms with van der Waals surface area (Å²) in [5, 5.41) is 11.2. The molecule has 0 N–H and O–H groups in total. The molecule has 4 nitrogen and oxygen atoms in total. The van der Waals surface area contributed by atoms with Crippen molar-refractivity contribution in [2.24, 2.45) is 0 Å². The van der Waals surface area contributed by atoms with E-state index in [1.807, 2.05) is 0 Å². The summed E-state index contributed by atoms with van der Waals surface area (Å²) in [5.74, 6) is 0. The number of rotatable bonds is 1. The first-order valence-electron chi connectivity index (χ1n) is 3.87. The molecule has 70 valence electrons. The maximum absolute atomic E-state index is 10.7. The van der Waals surface area contributed by atoms with Gasteiger partial charge in [-0.15, -0.1) is 0 Å². The first kappa shape index (κ1) is 9.08. The molecule has 0 aliphatic rings. The largest absolute Gasteiger partial charge is 0.278 e. The van der Waals surface area contributed by atoms with Crippen LogP contribution in [-0.4, -0.2) is 9.91 Å². The number of halogens is 1. The van der Waals surface area contributed by atoms with Gasteiger partial charge in [0.25, 0.3) is 5.69 Å². The Bertz CT molecular complexity index is 513. The van der Waals surface area contributed by atoms with E-state index in [1.165, 1.54) is 6.07 Å². The minimum Gasteiger partial charge on any atom is -0.258 e. The number of pyridine rings is 1. The smallest absolute Gasteiger partial charge is 0.258 e. The molecule has 0 fully saturated rings. The van der Waals surface area contributed by atoms with Gasteiger partial charge in [-0.2, -0.15) is 0 Å². The molecule has 0 saturated heterocycles. The monoisotopic (exact) mass is 252 g/mol. The molecule has 0 aliphatic heterocycles. The topological polar surface area (TPSA) is 56.0 Å². The Morgan fingerprint density at radius 2 is 2.21 bits per heavy atom. The summed E-state index contributed by atoms with van der Waals surface area (Å²) >= 11 is 3.23. The summed E-state index contributed by atoms with van der Waals surface area (Å²) in [5.41, 5.74) is 0.707. The molecule has 0 atom stereocenters. The summed E-state index contributed by atoms with van der Waals surface area (Å²) in [6.07, 6.45) is 1.62. The van der Waals surface area contributed by atoms with Crippen LogP contribution < -0.4 is 0 Å². The lowest BCUT2D eigenvalue weighted by atomic mass is 10.2. The van der Waals surface area contributed by atoms with Crippen LogP contribution in [-0.2, 0) is 0 Å². The molecular weight excluding hydrogens is 248 g/mol. The van der Waals surface area contributed by atoms with Crippen LogP contribution in [0, 0.1) is 10.1 Å². The van der Waals surface area contributed by atoms with Crippen LogP contribution in [0.15, 0.2) is 34.9 Å². The van der Waals surface area contributed by atoms with Gasteiger partial charge in [-0.3, -0.25) is 15.1 Å². The van der Waals surface area contributed by atoms with Crippen molar-refractivity contribution in [3.8, 4) is 0 Å². The van der Waals surface area contributed by atoms with Crippen molar-refractivity contribution in [2.45, 2.75) is 0 Å². The number of nitro groups is 1. The first-order valence-corrected chi connectivity index (χ1v) is 4.66. The molecule has 2 rings (SSSR count). The van der Waals surface area contributed by atoms with Crippen LogP contribution in [0.1, 0.15) is 0 Å². The van der Waals surface area contributed by atoms with Crippen LogP contribution in [0.5, 0.6) is 0 Å². The number of aromatic nitrogens is 1. The number of fused-ring (bicyclic) bond motifs is 1. The summed E-state index contributed by atoms with van der Waals surface area (Å²) in [6.45, 7) is 0. The molecule has 0 radical (unpaired) electrons. The minimum atomic E-state index is -0.406. The Labute approximate surface area is 87.9 Å². The maximum Gasteiger partial charge on any atom is 0.278 e. The molecule has 1 heterocycles. The number of benzene rings is 1. The summed E-state index contributed by atoms with van der Waals surface area (Å²) < 4.78 is 0.735. The second-order valence-electron chi connectivity index (χ2n) is 2.75. The molecule has 1 aromatic heterocycles. The Morgan fingerprint density at radius 3 is 2.93 bits per heavy atom. The van der Waals surface area contributed by atoms with Crippen LogP contribution in [0.4, 0.5) is 5.69 Å². The van der Waals surface area contributed by atoms with Crippen molar-refractivity contribution < 1.29 is 4.92 Å². The highest BCUT2D eigenvalue weighted by Gasteiger charge is 2.11. The van der Waals surface area contributed by atoms with Crippen molar-refractivity contribution in [1.82, 2.24) is 4.98 Å². The Morgan fingerprint density at radius 1 is 1.43 bits per heavy atom. The lowest BCUT2D eigenvalue weighted by Gasteiger charge is -1.98. The lowest BCUT2D eigenvalue weighted by molar-refractivity contribution is -0.383. The third-order valence-electron chi connectivity index (χ3n) is 1.87. The second-order valence-corrected chi connectivity index (χ2v) is 3.67. The number of nitrogens with zero attached hydrogens (tertiary/aromatic N) is 2. The molecule has 0 bridgehead atoms. The second kappa shape index (κ2) is 3.34. The zero-order chi connectivity index (χ0) is 10.1. The summed E-state index contributed by atoms with van der Waals surface area (Å²) in [4.78, 5) is 14.4. The van der Waals surface area contributed by atoms with E-state index in [2.05, 4.69) is 20.9 Å². The predicted molar refractivity (Wildman–Crippen MR) is 56.1 cm³/mol. The van der Waals surface area contributed by atoms with Crippen molar-refractivity contribution in [2.75, 3.05) is 0 Å². The van der Waals surface area contributed by atoms with E-state index in [9.17, 15) is 10.1 Å². The SMILES string of the molecule is O=[N+]([O-])c1cccc2ncc(Br)cc12. The highest BCUT2D eigenvalue weighted by Crippen LogP contribution is 2.26. The van der Waals surface area contributed by atoms with E-state index in [0.29, 0.717) is 10.9 Å². The van der Waals surface area contributed by atoms with E-state index in [-0.39, 0.29) is 5.69 Å². The molecule has 0 amide bonds. The summed E-state index contributed by atoms with van der Waals surface area (Å²) in [7, 11) is 0. The van der Waals surface area contributed by atoms with Gasteiger partial charge in [-0.1, -0.05) is 6.07 Å². The Kier molecular flexibility index (Phi) is 2.17. The standard InChI is InChI=1S/C9H5BrN2O2/c10-6-4-7-8(11-5-6)2-1-3-9(7)12(13)14/h1-5H. The van der Waals surface area contributed by atoms with Crippen molar-refractivity contribution in [3.05, 3.63) is 45.0 Å². The van der Waals surface area contributed by atoms with E-state index in [4.69, 9.17) is 0 Å². The molecule has 2 aromatic rings. The average molecular weight is 253 g/mol. The normalized spacial score (nSPS) is 10.4. The van der Waals surface area contributed by atoms with Crippen molar-refractivity contribution in [1.29, 1.82) is 0 Å². The van der Waals surface area contributed by atoms with Gasteiger partial charge in [-0.05, 0) is 28.1 Å². The zero-order valence-corrected chi connectivity index (χ0v) is 8.56. The van der Waals surface area contributed by atoms with Crippen LogP contribution >= 0.6 is 15.9 Å². The third kappa shape index (κ3) is 1.46. The van der Waals surface area contributed by atoms with E-state index in [1.54, 1.807) is 24.4 Å². The molecule has 0 saturated carbocycles. The molecule has 0 spiro atoms. The third-order valence-corrected chi connectivity index (χ3v) is 2.30. The van der Waals surface area contributed by atoms with E-state index in [0.717, 1.165) is 4.47 Å². The van der Waals surface area contributed by atoms with Gasteiger partial charge in [0, 0.05) is 16.7 Å². The minimum absolute atomic E-state index is 0.0799. The Hall–Kier alpha value is -1.49. The first-order chi connectivity index (χ1) is 6.68. The molecule has 0 unspecified atom stereocenters. The molecule has 0 aliphatic carbocycles. The van der Waals surface area contributed by atoms with Gasteiger partial charge < -0.3 is 0 Å². The number of non-ortho nitro benzene ring substituents is 1. The van der Waals surface area contributed by atoms with E-state index < -0.39 is 4.92 Å². The molecule has 1 aromatic carbocycles. The van der Waals surface area contributed by atoms with Gasteiger partial charge in [0.1, 0.15) is 0 Å². The van der Waals surface area contributed by atoms with Crippen molar-refractivity contribution >= 4 is 32.5 Å². The maximum atomic E-state index is 10.7. The average Bonchev–Trinajstić information content (AvgIpc) is 2.16. The number of nitro benzene ring substituents is 1. The van der Waals surface area contributed by atoms with E-state index >= 15 is 0 Å². The predicted octanol–water partition coefficient (Wildman–Crippen LogP) is 2.91. The van der Waals surface area contributed by atoms with Crippen molar-refractivity contribution in [3.63, 3.8) is 0 Å². The molecular formula is C9H5BrN2O2. The number of hydrogen-bond donors (Lipinski definition) is 0. The fourth-order valence-corrected chi connectivity index (χ4v) is 1.60. The fraction of sp³-hybridized carbons (Fsp3) is 0. The highest BCUT2D eigenvalue weighted by molar-refractivity contribution is 9.10. The highest BCUT2D eigenvalue weighted by atomic mass is 79.9. The zero-order valence-electron chi connectivity index (χ0n) is 6.98. The van der Waals surface area contributed by atoms with Gasteiger partial charge in [0.2, 0.25) is 0 Å². The van der Waals surface area contributed by atoms with Crippen LogP contribution in [0.25, 0.3) is 10.9 Å². The number of hydrogen-bond acceptors (Lipinski definition) is 3. The van der Waals surface area contributed by atoms with Crippen LogP contribution in [0.3, 0.4) is 0 Å². The van der Waals surface area contributed by atoms with Gasteiger partial charge >= 0.3 is 0 Å². The quantitative estimate of drug-likeness (QED) is 0.579. The van der Waals surface area contributed by atoms with Gasteiger partial charge in [0.05, 0.1) is 15.8 Å². The summed E-state index contributed by atoms with van der Waals surface area (Å²) in [6, 6.07) is 6.53. The molecule has 5 heteroatoms. The Balaban J connectivity index is 2.84. The fourth-order valence-electron chi connectivity index (χ4n) is 1.27. The lowest BCUT2D eigenvalue weighted by Crippen LogP contribution is -1.90.